The minimum atomic E-state index is -0.328. The van der Waals surface area contributed by atoms with Crippen LogP contribution in [-0.2, 0) is 4.74 Å². The van der Waals surface area contributed by atoms with Crippen LogP contribution < -0.4 is 10.6 Å². The number of nitrogens with zero attached hydrogens (tertiary/aromatic N) is 3. The largest absolute Gasteiger partial charge is 0.381 e. The van der Waals surface area contributed by atoms with Crippen molar-refractivity contribution < 1.29 is 9.13 Å². The molecule has 0 atom stereocenters. The van der Waals surface area contributed by atoms with Gasteiger partial charge in [-0.3, -0.25) is 5.10 Å². The predicted molar refractivity (Wildman–Crippen MR) is 120 cm³/mol. The maximum atomic E-state index is 14.9. The van der Waals surface area contributed by atoms with Crippen molar-refractivity contribution in [2.75, 3.05) is 17.7 Å². The van der Waals surface area contributed by atoms with Gasteiger partial charge in [-0.25, -0.2) is 9.37 Å². The van der Waals surface area contributed by atoms with Gasteiger partial charge in [-0.05, 0) is 68.7 Å². The average Bonchev–Trinajstić information content (AvgIpc) is 3.17. The van der Waals surface area contributed by atoms with Crippen LogP contribution in [0.2, 0.25) is 5.02 Å². The van der Waals surface area contributed by atoms with Crippen LogP contribution in [0.4, 0.5) is 27.7 Å². The fraction of sp³-hybridized carbons (Fsp3) is 0.409. The van der Waals surface area contributed by atoms with Gasteiger partial charge < -0.3 is 15.4 Å². The number of anilines is 4. The van der Waals surface area contributed by atoms with E-state index >= 15 is 0 Å². The first-order valence-corrected chi connectivity index (χ1v) is 10.7. The van der Waals surface area contributed by atoms with Gasteiger partial charge in [0.05, 0.1) is 18.0 Å². The van der Waals surface area contributed by atoms with Gasteiger partial charge in [-0.2, -0.15) is 10.1 Å². The first-order valence-electron chi connectivity index (χ1n) is 10.3. The van der Waals surface area contributed by atoms with Gasteiger partial charge in [0.1, 0.15) is 10.8 Å². The highest BCUT2D eigenvalue weighted by molar-refractivity contribution is 6.32. The van der Waals surface area contributed by atoms with Crippen molar-refractivity contribution in [3.05, 3.63) is 52.1 Å². The Labute approximate surface area is 185 Å². The number of nitrogens with one attached hydrogen (secondary N) is 3. The molecular weight excluding hydrogens is 419 g/mol. The Kier molecular flexibility index (Phi) is 6.38. The highest BCUT2D eigenvalue weighted by Gasteiger charge is 2.24. The van der Waals surface area contributed by atoms with Crippen molar-refractivity contribution in [1.82, 2.24) is 20.2 Å². The second-order valence-electron chi connectivity index (χ2n) is 7.97. The molecule has 2 heterocycles. The number of rotatable bonds is 6. The summed E-state index contributed by atoms with van der Waals surface area (Å²) < 4.78 is 20.4. The number of halogens is 2. The molecule has 0 spiro atoms. The molecule has 0 bridgehead atoms. The maximum Gasteiger partial charge on any atom is 0.229 e. The molecule has 0 saturated heterocycles. The van der Waals surface area contributed by atoms with E-state index in [-0.39, 0.29) is 11.8 Å². The lowest BCUT2D eigenvalue weighted by Crippen LogP contribution is -2.20. The van der Waals surface area contributed by atoms with Crippen LogP contribution in [-0.4, -0.2) is 33.4 Å². The number of aryl methyl sites for hydroxylation is 2. The SMILES string of the molecule is CO[C@H]1CC[C@H](c2cc(F)c(Nc3ncc(Cl)c(Nc4cc(C)[nH]n4)n3)cc2C)CC1. The molecule has 0 unspecified atom stereocenters. The summed E-state index contributed by atoms with van der Waals surface area (Å²) in [6.45, 7) is 3.91. The third kappa shape index (κ3) is 4.97. The summed E-state index contributed by atoms with van der Waals surface area (Å²) in [5.74, 6) is 1.24. The van der Waals surface area contributed by atoms with E-state index in [9.17, 15) is 4.39 Å². The summed E-state index contributed by atoms with van der Waals surface area (Å²) in [6, 6.07) is 5.28. The molecule has 31 heavy (non-hydrogen) atoms. The number of methoxy groups -OCH3 is 1. The minimum absolute atomic E-state index is 0.241. The van der Waals surface area contributed by atoms with Gasteiger partial charge in [0.2, 0.25) is 5.95 Å². The molecule has 2 aromatic heterocycles. The predicted octanol–water partition coefficient (Wildman–Crippen LogP) is 5.77. The van der Waals surface area contributed by atoms with E-state index in [1.54, 1.807) is 13.2 Å². The number of ether oxygens (including phenoxy) is 1. The van der Waals surface area contributed by atoms with Crippen molar-refractivity contribution in [2.45, 2.75) is 51.6 Å². The summed E-state index contributed by atoms with van der Waals surface area (Å²) in [4.78, 5) is 8.55. The van der Waals surface area contributed by atoms with Crippen LogP contribution in [0.1, 0.15) is 48.4 Å². The molecule has 0 aliphatic heterocycles. The Balaban J connectivity index is 1.51. The molecule has 1 aromatic carbocycles. The molecule has 4 rings (SSSR count). The van der Waals surface area contributed by atoms with Crippen LogP contribution in [0.3, 0.4) is 0 Å². The van der Waals surface area contributed by atoms with Crippen LogP contribution >= 0.6 is 11.6 Å². The lowest BCUT2D eigenvalue weighted by molar-refractivity contribution is 0.0658. The van der Waals surface area contributed by atoms with E-state index < -0.39 is 0 Å². The maximum absolute atomic E-state index is 14.9. The Bertz CT molecular complexity index is 1060. The van der Waals surface area contributed by atoms with Gasteiger partial charge in [0, 0.05) is 18.9 Å². The van der Waals surface area contributed by atoms with E-state index in [1.807, 2.05) is 26.0 Å². The number of aromatic amines is 1. The van der Waals surface area contributed by atoms with E-state index in [0.717, 1.165) is 42.5 Å². The molecule has 7 nitrogen and oxygen atoms in total. The number of benzene rings is 1. The Morgan fingerprint density at radius 2 is 1.90 bits per heavy atom. The lowest BCUT2D eigenvalue weighted by atomic mass is 9.81. The van der Waals surface area contributed by atoms with Crippen LogP contribution in [0.25, 0.3) is 0 Å². The zero-order valence-corrected chi connectivity index (χ0v) is 18.6. The van der Waals surface area contributed by atoms with Crippen LogP contribution in [0.5, 0.6) is 0 Å². The minimum Gasteiger partial charge on any atom is -0.381 e. The third-order valence-corrected chi connectivity index (χ3v) is 6.02. The van der Waals surface area contributed by atoms with E-state index in [1.165, 1.54) is 6.20 Å². The zero-order chi connectivity index (χ0) is 22.0. The molecule has 1 aliphatic carbocycles. The molecule has 1 saturated carbocycles. The Hall–Kier alpha value is -2.71. The topological polar surface area (TPSA) is 87.8 Å². The van der Waals surface area contributed by atoms with Gasteiger partial charge in [-0.1, -0.05) is 11.6 Å². The van der Waals surface area contributed by atoms with Crippen molar-refractivity contribution in [1.29, 1.82) is 0 Å². The number of hydrogen-bond donors (Lipinski definition) is 3. The van der Waals surface area contributed by atoms with Crippen LogP contribution in [0.15, 0.2) is 24.4 Å². The van der Waals surface area contributed by atoms with Gasteiger partial charge >= 0.3 is 0 Å². The summed E-state index contributed by atoms with van der Waals surface area (Å²) >= 11 is 6.20. The van der Waals surface area contributed by atoms with Crippen molar-refractivity contribution >= 4 is 34.9 Å². The zero-order valence-electron chi connectivity index (χ0n) is 17.8. The second kappa shape index (κ2) is 9.20. The third-order valence-electron chi connectivity index (χ3n) is 5.75. The molecule has 0 amide bonds. The fourth-order valence-electron chi connectivity index (χ4n) is 4.08. The average molecular weight is 445 g/mol. The highest BCUT2D eigenvalue weighted by atomic mass is 35.5. The summed E-state index contributed by atoms with van der Waals surface area (Å²) in [5.41, 5.74) is 3.34. The monoisotopic (exact) mass is 444 g/mol. The van der Waals surface area contributed by atoms with E-state index in [0.29, 0.717) is 34.4 Å². The molecule has 3 N–H and O–H groups in total. The van der Waals surface area contributed by atoms with Gasteiger partial charge in [-0.15, -0.1) is 0 Å². The summed E-state index contributed by atoms with van der Waals surface area (Å²) in [5, 5.41) is 13.3. The molecule has 1 fully saturated rings. The van der Waals surface area contributed by atoms with Crippen molar-refractivity contribution in [2.24, 2.45) is 0 Å². The molecule has 3 aromatic rings. The van der Waals surface area contributed by atoms with E-state index in [2.05, 4.69) is 30.8 Å². The first kappa shape index (κ1) is 21.5. The summed E-state index contributed by atoms with van der Waals surface area (Å²) in [6.07, 6.45) is 5.81. The molecular formula is C22H26ClFN6O. The van der Waals surface area contributed by atoms with Crippen LogP contribution in [0, 0.1) is 19.7 Å². The van der Waals surface area contributed by atoms with Gasteiger partial charge in [0.15, 0.2) is 11.6 Å². The van der Waals surface area contributed by atoms with Crippen molar-refractivity contribution in [3.8, 4) is 0 Å². The van der Waals surface area contributed by atoms with Gasteiger partial charge in [0.25, 0.3) is 0 Å². The lowest BCUT2D eigenvalue weighted by Gasteiger charge is -2.29. The number of aromatic nitrogens is 4. The first-order chi connectivity index (χ1) is 14.9. The summed E-state index contributed by atoms with van der Waals surface area (Å²) in [7, 11) is 1.76. The second-order valence-corrected chi connectivity index (χ2v) is 8.38. The number of hydrogen-bond acceptors (Lipinski definition) is 6. The highest BCUT2D eigenvalue weighted by Crippen LogP contribution is 2.37. The normalized spacial score (nSPS) is 18.7. The number of H-pyrrole nitrogens is 1. The Morgan fingerprint density at radius 1 is 1.13 bits per heavy atom. The molecule has 0 radical (unpaired) electrons. The fourth-order valence-corrected chi connectivity index (χ4v) is 4.22. The standard InChI is InChI=1S/C22H26ClFN6O/c1-12-8-19(18(24)10-16(12)14-4-6-15(31-3)7-5-14)26-22-25-11-17(23)21(28-22)27-20-9-13(2)29-30-20/h8-11,14-15H,4-7H2,1-3H3,(H3,25,26,27,28,29,30)/t14-,15-. The van der Waals surface area contributed by atoms with E-state index in [4.69, 9.17) is 16.3 Å². The molecule has 1 aliphatic rings. The smallest absolute Gasteiger partial charge is 0.229 e. The quantitative estimate of drug-likeness (QED) is 0.447. The van der Waals surface area contributed by atoms with Crippen molar-refractivity contribution in [3.63, 3.8) is 0 Å². The molecule has 164 valence electrons. The Morgan fingerprint density at radius 3 is 2.58 bits per heavy atom. The molecule has 9 heteroatoms.